The molecule has 4 nitrogen and oxygen atoms in total. The summed E-state index contributed by atoms with van der Waals surface area (Å²) >= 11 is 0. The summed E-state index contributed by atoms with van der Waals surface area (Å²) in [4.78, 5) is 14.6. The van der Waals surface area contributed by atoms with E-state index in [0.29, 0.717) is 0 Å². The first kappa shape index (κ1) is 14.0. The van der Waals surface area contributed by atoms with Crippen molar-refractivity contribution in [2.24, 2.45) is 0 Å². The van der Waals surface area contributed by atoms with E-state index >= 15 is 0 Å². The molecule has 0 aromatic heterocycles. The van der Waals surface area contributed by atoms with E-state index < -0.39 is 37.0 Å². The average Bonchev–Trinajstić information content (AvgIpc) is 2.87. The summed E-state index contributed by atoms with van der Waals surface area (Å²) in [5, 5.41) is -0.329. The Bertz CT molecular complexity index is 298. The van der Waals surface area contributed by atoms with E-state index in [4.69, 9.17) is 0 Å². The Kier molecular flexibility index (Phi) is 3.32. The molecule has 1 rings (SSSR count). The monoisotopic (exact) mass is 267 g/mol. The van der Waals surface area contributed by atoms with Crippen LogP contribution in [-0.4, -0.2) is 49.2 Å². The molecule has 0 amide bonds. The maximum absolute atomic E-state index is 12.3. The van der Waals surface area contributed by atoms with Crippen LogP contribution in [0.15, 0.2) is 0 Å². The van der Waals surface area contributed by atoms with Gasteiger partial charge in [0.2, 0.25) is 0 Å². The second kappa shape index (κ2) is 4.02. The number of ether oxygens (including phenoxy) is 1. The lowest BCUT2D eigenvalue weighted by Gasteiger charge is -2.22. The number of methoxy groups -OCH3 is 1. The van der Waals surface area contributed by atoms with E-state index in [1.807, 2.05) is 0 Å². The second-order valence-electron chi connectivity index (χ2n) is 3.24. The van der Waals surface area contributed by atoms with Gasteiger partial charge in [-0.1, -0.05) is 0 Å². The molecule has 17 heavy (non-hydrogen) atoms. The molecule has 0 radical (unpaired) electrons. The highest BCUT2D eigenvalue weighted by Crippen LogP contribution is 2.56. The molecule has 0 aromatic rings. The van der Waals surface area contributed by atoms with E-state index in [1.54, 1.807) is 0 Å². The summed E-state index contributed by atoms with van der Waals surface area (Å²) in [5.41, 5.74) is -4.02. The standard InChI is InChI=1S/C7H7F6NO3/c1-16-4(15)2-17-14-3-5(14,6(8,9)10)7(11,12)13/h2-3H2,1H3. The van der Waals surface area contributed by atoms with Crippen LogP contribution in [-0.2, 0) is 14.4 Å². The number of hydrogen-bond donors (Lipinski definition) is 0. The quantitative estimate of drug-likeness (QED) is 0.438. The maximum atomic E-state index is 12.3. The smallest absolute Gasteiger partial charge is 0.419 e. The number of halogens is 6. The van der Waals surface area contributed by atoms with Crippen molar-refractivity contribution in [2.45, 2.75) is 17.9 Å². The molecule has 0 spiro atoms. The lowest BCUT2D eigenvalue weighted by molar-refractivity contribution is -0.306. The number of hydrogen-bond acceptors (Lipinski definition) is 4. The van der Waals surface area contributed by atoms with Crippen LogP contribution in [0.25, 0.3) is 0 Å². The van der Waals surface area contributed by atoms with Crippen molar-refractivity contribution in [2.75, 3.05) is 20.3 Å². The van der Waals surface area contributed by atoms with Gasteiger partial charge >= 0.3 is 18.3 Å². The van der Waals surface area contributed by atoms with Gasteiger partial charge in [0.25, 0.3) is 5.54 Å². The largest absolute Gasteiger partial charge is 0.467 e. The van der Waals surface area contributed by atoms with Crippen LogP contribution in [0.5, 0.6) is 0 Å². The molecule has 0 N–H and O–H groups in total. The highest BCUT2D eigenvalue weighted by molar-refractivity contribution is 5.70. The maximum Gasteiger partial charge on any atom is 0.419 e. The molecule has 1 aliphatic heterocycles. The van der Waals surface area contributed by atoms with Gasteiger partial charge in [-0.2, -0.15) is 31.4 Å². The van der Waals surface area contributed by atoms with Crippen molar-refractivity contribution in [3.8, 4) is 0 Å². The first-order chi connectivity index (χ1) is 7.56. The predicted octanol–water partition coefficient (Wildman–Crippen LogP) is 1.27. The fourth-order valence-corrected chi connectivity index (χ4v) is 1.14. The lowest BCUT2D eigenvalue weighted by Crippen LogP contribution is -2.49. The molecule has 0 bridgehead atoms. The normalized spacial score (nSPS) is 23.4. The molecule has 1 atom stereocenters. The first-order valence-corrected chi connectivity index (χ1v) is 4.17. The molecule has 100 valence electrons. The molecule has 10 heteroatoms. The third-order valence-corrected chi connectivity index (χ3v) is 2.20. The molecule has 1 saturated heterocycles. The van der Waals surface area contributed by atoms with Gasteiger partial charge in [0.15, 0.2) is 6.61 Å². The van der Waals surface area contributed by atoms with Gasteiger partial charge in [0.05, 0.1) is 13.7 Å². The Morgan fingerprint density at radius 1 is 1.24 bits per heavy atom. The molecule has 0 aliphatic carbocycles. The second-order valence-corrected chi connectivity index (χ2v) is 3.24. The van der Waals surface area contributed by atoms with Crippen LogP contribution in [0.3, 0.4) is 0 Å². The zero-order valence-corrected chi connectivity index (χ0v) is 8.35. The molecule has 1 fully saturated rings. The fourth-order valence-electron chi connectivity index (χ4n) is 1.14. The van der Waals surface area contributed by atoms with Crippen LogP contribution in [0.4, 0.5) is 26.3 Å². The number of nitrogens with zero attached hydrogens (tertiary/aromatic N) is 1. The Balaban J connectivity index is 2.72. The Morgan fingerprint density at radius 2 is 1.71 bits per heavy atom. The molecule has 1 heterocycles. The van der Waals surface area contributed by atoms with Crippen molar-refractivity contribution in [3.63, 3.8) is 0 Å². The van der Waals surface area contributed by atoms with Crippen molar-refractivity contribution in [1.29, 1.82) is 0 Å². The number of carbonyl (C=O) groups is 1. The molecule has 0 aromatic carbocycles. The van der Waals surface area contributed by atoms with Gasteiger partial charge in [-0.15, -0.1) is 0 Å². The molecular weight excluding hydrogens is 260 g/mol. The minimum Gasteiger partial charge on any atom is -0.467 e. The fraction of sp³-hybridized carbons (Fsp3) is 0.857. The van der Waals surface area contributed by atoms with Crippen molar-refractivity contribution in [1.82, 2.24) is 5.06 Å². The predicted molar refractivity (Wildman–Crippen MR) is 39.5 cm³/mol. The van der Waals surface area contributed by atoms with Crippen LogP contribution in [0.2, 0.25) is 0 Å². The summed E-state index contributed by atoms with van der Waals surface area (Å²) in [5.74, 6) is -1.07. The van der Waals surface area contributed by atoms with Crippen LogP contribution in [0.1, 0.15) is 0 Å². The minimum absolute atomic E-state index is 0.329. The van der Waals surface area contributed by atoms with E-state index in [9.17, 15) is 31.1 Å². The van der Waals surface area contributed by atoms with E-state index in [2.05, 4.69) is 9.57 Å². The topological polar surface area (TPSA) is 38.5 Å². The van der Waals surface area contributed by atoms with Crippen molar-refractivity contribution >= 4 is 5.97 Å². The van der Waals surface area contributed by atoms with Gasteiger partial charge in [0, 0.05) is 0 Å². The first-order valence-electron chi connectivity index (χ1n) is 4.17. The van der Waals surface area contributed by atoms with Crippen LogP contribution < -0.4 is 0 Å². The SMILES string of the molecule is COC(=O)CON1CC1(C(F)(F)F)C(F)(F)F. The van der Waals surface area contributed by atoms with Gasteiger partial charge in [-0.05, 0) is 0 Å². The van der Waals surface area contributed by atoms with E-state index in [-0.39, 0.29) is 5.06 Å². The molecule has 1 aliphatic rings. The van der Waals surface area contributed by atoms with Crippen LogP contribution >= 0.6 is 0 Å². The zero-order valence-electron chi connectivity index (χ0n) is 8.35. The summed E-state index contributed by atoms with van der Waals surface area (Å²) in [7, 11) is 0.925. The Labute approximate surface area is 91.0 Å². The minimum atomic E-state index is -5.53. The van der Waals surface area contributed by atoms with Gasteiger partial charge < -0.3 is 4.74 Å². The molecule has 0 saturated carbocycles. The van der Waals surface area contributed by atoms with Gasteiger partial charge in [-0.25, -0.2) is 4.79 Å². The highest BCUT2D eigenvalue weighted by atomic mass is 19.4. The number of hydroxylamine groups is 2. The van der Waals surface area contributed by atoms with Crippen molar-refractivity contribution < 1.29 is 40.7 Å². The van der Waals surface area contributed by atoms with Gasteiger partial charge in [0.1, 0.15) is 0 Å². The van der Waals surface area contributed by atoms with E-state index in [1.165, 1.54) is 0 Å². The van der Waals surface area contributed by atoms with Gasteiger partial charge in [-0.3, -0.25) is 4.84 Å². The Morgan fingerprint density at radius 3 is 2.00 bits per heavy atom. The van der Waals surface area contributed by atoms with Crippen LogP contribution in [0, 0.1) is 0 Å². The third-order valence-electron chi connectivity index (χ3n) is 2.20. The number of esters is 1. The molecular formula is C7H7F6NO3. The van der Waals surface area contributed by atoms with Crippen molar-refractivity contribution in [3.05, 3.63) is 0 Å². The average molecular weight is 267 g/mol. The number of carbonyl (C=O) groups excluding carboxylic acids is 1. The summed E-state index contributed by atoms with van der Waals surface area (Å²) in [6.45, 7) is -2.40. The lowest BCUT2D eigenvalue weighted by atomic mass is 10.1. The molecule has 1 unspecified atom stereocenters. The number of rotatable bonds is 3. The number of alkyl halides is 6. The zero-order chi connectivity index (χ0) is 13.5. The third kappa shape index (κ3) is 2.32. The van der Waals surface area contributed by atoms with E-state index in [0.717, 1.165) is 7.11 Å². The highest BCUT2D eigenvalue weighted by Gasteiger charge is 2.84. The summed E-state index contributed by atoms with van der Waals surface area (Å²) in [6.07, 6.45) is -11.1. The summed E-state index contributed by atoms with van der Waals surface area (Å²) < 4.78 is 77.8. The Hall–Kier alpha value is -1.03. The summed E-state index contributed by atoms with van der Waals surface area (Å²) in [6, 6.07) is 0.